The van der Waals surface area contributed by atoms with Crippen LogP contribution in [0.25, 0.3) is 5.69 Å². The van der Waals surface area contributed by atoms with E-state index in [-0.39, 0.29) is 17.9 Å². The normalized spacial score (nSPS) is 12.2. The lowest BCUT2D eigenvalue weighted by molar-refractivity contribution is -0.124. The van der Waals surface area contributed by atoms with Crippen LogP contribution < -0.4 is 5.32 Å². The second kappa shape index (κ2) is 9.27. The summed E-state index contributed by atoms with van der Waals surface area (Å²) in [5.74, 6) is 1.46. The number of benzene rings is 2. The van der Waals surface area contributed by atoms with Crippen LogP contribution >= 0.6 is 11.8 Å². The van der Waals surface area contributed by atoms with E-state index in [0.717, 1.165) is 22.4 Å². The molecule has 2 aromatic carbocycles. The van der Waals surface area contributed by atoms with Crippen molar-refractivity contribution in [3.8, 4) is 5.69 Å². The van der Waals surface area contributed by atoms with Crippen LogP contribution in [0, 0.1) is 19.8 Å². The van der Waals surface area contributed by atoms with Gasteiger partial charge in [0.1, 0.15) is 0 Å². The highest BCUT2D eigenvalue weighted by Crippen LogP contribution is 2.28. The predicted octanol–water partition coefficient (Wildman–Crippen LogP) is 5.01. The maximum atomic E-state index is 12.2. The van der Waals surface area contributed by atoms with Gasteiger partial charge in [-0.2, -0.15) is 0 Å². The number of aryl methyl sites for hydroxylation is 2. The summed E-state index contributed by atoms with van der Waals surface area (Å²) in [6.07, 6.45) is 0. The number of thioether (sulfide) groups is 1. The van der Waals surface area contributed by atoms with E-state index in [4.69, 9.17) is 0 Å². The number of hydrogen-bond donors (Lipinski definition) is 1. The van der Waals surface area contributed by atoms with Gasteiger partial charge in [0, 0.05) is 17.4 Å². The third-order valence-electron chi connectivity index (χ3n) is 4.84. The molecule has 1 amide bonds. The Kier molecular flexibility index (Phi) is 6.75. The van der Waals surface area contributed by atoms with E-state index >= 15 is 0 Å². The maximum Gasteiger partial charge on any atom is 0.223 e. The highest BCUT2D eigenvalue weighted by Gasteiger charge is 2.22. The SMILES string of the molecule is Cc1ccc(-n2c(SCc3ccccc3C)nnc2C(C)NC(=O)C(C)C)cc1. The Labute approximate surface area is 176 Å². The summed E-state index contributed by atoms with van der Waals surface area (Å²) in [6, 6.07) is 16.4. The van der Waals surface area contributed by atoms with Crippen molar-refractivity contribution >= 4 is 17.7 Å². The van der Waals surface area contributed by atoms with Crippen LogP contribution in [0.1, 0.15) is 49.3 Å². The van der Waals surface area contributed by atoms with Crippen LogP contribution in [0.5, 0.6) is 0 Å². The number of hydrogen-bond acceptors (Lipinski definition) is 4. The van der Waals surface area contributed by atoms with Gasteiger partial charge in [0.05, 0.1) is 6.04 Å². The van der Waals surface area contributed by atoms with Crippen molar-refractivity contribution in [1.29, 1.82) is 0 Å². The van der Waals surface area contributed by atoms with Gasteiger partial charge < -0.3 is 5.32 Å². The minimum absolute atomic E-state index is 0.00469. The number of rotatable bonds is 7. The summed E-state index contributed by atoms with van der Waals surface area (Å²) in [5, 5.41) is 12.8. The van der Waals surface area contributed by atoms with Gasteiger partial charge in [-0.3, -0.25) is 9.36 Å². The summed E-state index contributed by atoms with van der Waals surface area (Å²) in [4.78, 5) is 12.2. The van der Waals surface area contributed by atoms with E-state index in [2.05, 4.69) is 77.9 Å². The van der Waals surface area contributed by atoms with Crippen molar-refractivity contribution in [2.24, 2.45) is 5.92 Å². The van der Waals surface area contributed by atoms with Crippen LogP contribution in [0.15, 0.2) is 53.7 Å². The van der Waals surface area contributed by atoms with Gasteiger partial charge in [0.2, 0.25) is 5.91 Å². The van der Waals surface area contributed by atoms with Crippen LogP contribution in [0.2, 0.25) is 0 Å². The van der Waals surface area contributed by atoms with Gasteiger partial charge in [-0.1, -0.05) is 67.6 Å². The van der Waals surface area contributed by atoms with Crippen molar-refractivity contribution in [3.05, 3.63) is 71.0 Å². The molecule has 3 rings (SSSR count). The second-order valence-corrected chi connectivity index (χ2v) is 8.55. The van der Waals surface area contributed by atoms with Crippen molar-refractivity contribution in [3.63, 3.8) is 0 Å². The Bertz CT molecular complexity index is 979. The summed E-state index contributed by atoms with van der Waals surface area (Å²) in [7, 11) is 0. The fourth-order valence-corrected chi connectivity index (χ4v) is 3.99. The monoisotopic (exact) mass is 408 g/mol. The highest BCUT2D eigenvalue weighted by molar-refractivity contribution is 7.98. The van der Waals surface area contributed by atoms with E-state index < -0.39 is 0 Å². The molecule has 6 heteroatoms. The number of nitrogens with zero attached hydrogens (tertiary/aromatic N) is 3. The molecule has 0 aliphatic rings. The zero-order chi connectivity index (χ0) is 21.0. The number of aromatic nitrogens is 3. The number of nitrogens with one attached hydrogen (secondary N) is 1. The molecule has 0 fully saturated rings. The van der Waals surface area contributed by atoms with Crippen LogP contribution in [0.3, 0.4) is 0 Å². The third-order valence-corrected chi connectivity index (χ3v) is 5.82. The summed E-state index contributed by atoms with van der Waals surface area (Å²) >= 11 is 1.65. The largest absolute Gasteiger partial charge is 0.346 e. The van der Waals surface area contributed by atoms with Gasteiger partial charge >= 0.3 is 0 Å². The van der Waals surface area contributed by atoms with Crippen LogP contribution in [-0.2, 0) is 10.5 Å². The lowest BCUT2D eigenvalue weighted by Crippen LogP contribution is -2.31. The zero-order valence-electron chi connectivity index (χ0n) is 17.6. The molecule has 152 valence electrons. The Morgan fingerprint density at radius 2 is 1.72 bits per heavy atom. The molecule has 1 aromatic heterocycles. The molecular formula is C23H28N4OS. The van der Waals surface area contributed by atoms with Crippen molar-refractivity contribution in [1.82, 2.24) is 20.1 Å². The molecule has 1 heterocycles. The minimum atomic E-state index is -0.244. The maximum absolute atomic E-state index is 12.2. The van der Waals surface area contributed by atoms with Crippen molar-refractivity contribution < 1.29 is 4.79 Å². The van der Waals surface area contributed by atoms with Gasteiger partial charge in [-0.15, -0.1) is 10.2 Å². The Balaban J connectivity index is 1.93. The number of carbonyl (C=O) groups excluding carboxylic acids is 1. The summed E-state index contributed by atoms with van der Waals surface area (Å²) in [5.41, 5.74) is 4.73. The first-order valence-electron chi connectivity index (χ1n) is 9.87. The molecular weight excluding hydrogens is 380 g/mol. The average molecular weight is 409 g/mol. The zero-order valence-corrected chi connectivity index (χ0v) is 18.5. The Morgan fingerprint density at radius 1 is 1.03 bits per heavy atom. The van der Waals surface area contributed by atoms with E-state index in [9.17, 15) is 4.79 Å². The lowest BCUT2D eigenvalue weighted by Gasteiger charge is -2.17. The number of amides is 1. The molecule has 0 aliphatic carbocycles. The smallest absolute Gasteiger partial charge is 0.223 e. The molecule has 1 unspecified atom stereocenters. The Hall–Kier alpha value is -2.60. The second-order valence-electron chi connectivity index (χ2n) is 7.61. The molecule has 0 aliphatic heterocycles. The first-order chi connectivity index (χ1) is 13.9. The van der Waals surface area contributed by atoms with E-state index in [1.165, 1.54) is 16.7 Å². The fourth-order valence-electron chi connectivity index (χ4n) is 2.95. The van der Waals surface area contributed by atoms with Gasteiger partial charge in [-0.05, 0) is 44.0 Å². The molecule has 0 bridgehead atoms. The predicted molar refractivity (Wildman–Crippen MR) is 118 cm³/mol. The lowest BCUT2D eigenvalue weighted by atomic mass is 10.1. The first kappa shape index (κ1) is 21.1. The quantitative estimate of drug-likeness (QED) is 0.558. The Morgan fingerprint density at radius 3 is 2.38 bits per heavy atom. The van der Waals surface area contributed by atoms with Gasteiger partial charge in [0.15, 0.2) is 11.0 Å². The van der Waals surface area contributed by atoms with E-state index in [0.29, 0.717) is 0 Å². The minimum Gasteiger partial charge on any atom is -0.346 e. The summed E-state index contributed by atoms with van der Waals surface area (Å²) in [6.45, 7) is 9.91. The molecule has 3 aromatic rings. The molecule has 0 spiro atoms. The topological polar surface area (TPSA) is 59.8 Å². The molecule has 0 saturated heterocycles. The van der Waals surface area contributed by atoms with Crippen LogP contribution in [-0.4, -0.2) is 20.7 Å². The van der Waals surface area contributed by atoms with Gasteiger partial charge in [0.25, 0.3) is 0 Å². The van der Waals surface area contributed by atoms with E-state index in [1.807, 2.05) is 25.3 Å². The van der Waals surface area contributed by atoms with Crippen LogP contribution in [0.4, 0.5) is 0 Å². The number of carbonyl (C=O) groups is 1. The summed E-state index contributed by atoms with van der Waals surface area (Å²) < 4.78 is 2.05. The standard InChI is InChI=1S/C23H28N4OS/c1-15(2)22(28)24-18(5)21-25-26-23(27(21)20-12-10-16(3)11-13-20)29-14-19-9-7-6-8-17(19)4/h6-13,15,18H,14H2,1-5H3,(H,24,28). The molecule has 0 saturated carbocycles. The average Bonchev–Trinajstić information content (AvgIpc) is 3.12. The molecule has 0 radical (unpaired) electrons. The fraction of sp³-hybridized carbons (Fsp3) is 0.348. The van der Waals surface area contributed by atoms with Gasteiger partial charge in [-0.25, -0.2) is 0 Å². The highest BCUT2D eigenvalue weighted by atomic mass is 32.2. The third kappa shape index (κ3) is 5.07. The van der Waals surface area contributed by atoms with E-state index in [1.54, 1.807) is 11.8 Å². The van der Waals surface area contributed by atoms with Crippen molar-refractivity contribution in [2.45, 2.75) is 51.6 Å². The first-order valence-corrected chi connectivity index (χ1v) is 10.9. The molecule has 1 N–H and O–H groups in total. The molecule has 1 atom stereocenters. The molecule has 5 nitrogen and oxygen atoms in total. The van der Waals surface area contributed by atoms with Crippen molar-refractivity contribution in [2.75, 3.05) is 0 Å². The molecule has 29 heavy (non-hydrogen) atoms.